The Morgan fingerprint density at radius 2 is 1.69 bits per heavy atom. The molecule has 0 aliphatic carbocycles. The molecule has 0 fully saturated rings. The first-order valence-electron chi connectivity index (χ1n) is 11.9. The predicted molar refractivity (Wildman–Crippen MR) is 138 cm³/mol. The highest BCUT2D eigenvalue weighted by molar-refractivity contribution is 5.88. The highest BCUT2D eigenvalue weighted by atomic mass is 16.5. The summed E-state index contributed by atoms with van der Waals surface area (Å²) < 4.78 is 11.3. The molecule has 0 heterocycles. The molecule has 0 radical (unpaired) electrons. The van der Waals surface area contributed by atoms with E-state index >= 15 is 0 Å². The first kappa shape index (κ1) is 26.7. The zero-order valence-electron chi connectivity index (χ0n) is 20.8. The van der Waals surface area contributed by atoms with Crippen molar-refractivity contribution in [3.8, 4) is 28.7 Å². The van der Waals surface area contributed by atoms with Gasteiger partial charge in [0.05, 0.1) is 17.7 Å². The van der Waals surface area contributed by atoms with E-state index in [-0.39, 0.29) is 17.7 Å². The van der Waals surface area contributed by atoms with Crippen molar-refractivity contribution >= 4 is 5.97 Å². The van der Waals surface area contributed by atoms with Gasteiger partial charge in [-0.25, -0.2) is 4.79 Å². The Bertz CT molecular complexity index is 1200. The summed E-state index contributed by atoms with van der Waals surface area (Å²) in [5.41, 5.74) is 3.04. The second-order valence-corrected chi connectivity index (χ2v) is 9.19. The molecule has 3 rings (SSSR count). The van der Waals surface area contributed by atoms with Gasteiger partial charge in [-0.3, -0.25) is 0 Å². The fourth-order valence-electron chi connectivity index (χ4n) is 3.80. The van der Waals surface area contributed by atoms with Gasteiger partial charge in [0.25, 0.3) is 0 Å². The molecule has 1 atom stereocenters. The van der Waals surface area contributed by atoms with Crippen LogP contribution in [0.4, 0.5) is 0 Å². The van der Waals surface area contributed by atoms with E-state index in [1.54, 1.807) is 30.3 Å². The standard InChI is InChI=1S/C29H32N2O5/c1-4-35-26-13-5-20(6-14-26)16-29(2,3)31-18-25(32)19-36-27-15-23(11-12-24(27)17-30)21-7-9-22(10-8-21)28(33)34/h5-15,25,31-32H,4,16,18-19H2,1-3H3,(H,33,34). The molecule has 1 unspecified atom stereocenters. The molecule has 36 heavy (non-hydrogen) atoms. The van der Waals surface area contributed by atoms with E-state index in [1.807, 2.05) is 31.2 Å². The van der Waals surface area contributed by atoms with E-state index in [0.717, 1.165) is 28.9 Å². The maximum Gasteiger partial charge on any atom is 0.335 e. The fourth-order valence-corrected chi connectivity index (χ4v) is 3.80. The molecule has 3 aromatic carbocycles. The van der Waals surface area contributed by atoms with Crippen molar-refractivity contribution in [2.45, 2.75) is 38.8 Å². The molecule has 0 bridgehead atoms. The van der Waals surface area contributed by atoms with Crippen LogP contribution < -0.4 is 14.8 Å². The number of β-amino-alcohol motifs (C(OH)–C–C–N with tert-alkyl or cyclic N) is 1. The SMILES string of the molecule is CCOc1ccc(CC(C)(C)NCC(O)COc2cc(-c3ccc(C(=O)O)cc3)ccc2C#N)cc1. The minimum atomic E-state index is -0.990. The van der Waals surface area contributed by atoms with Gasteiger partial charge in [-0.05, 0) is 80.3 Å². The maximum atomic E-state index is 11.1. The van der Waals surface area contributed by atoms with E-state index in [1.165, 1.54) is 12.1 Å². The zero-order chi connectivity index (χ0) is 26.1. The van der Waals surface area contributed by atoms with Gasteiger partial charge in [0.2, 0.25) is 0 Å². The number of aliphatic hydroxyl groups is 1. The third-order valence-corrected chi connectivity index (χ3v) is 5.70. The Hall–Kier alpha value is -3.86. The molecule has 0 amide bonds. The number of rotatable bonds is 12. The Balaban J connectivity index is 1.57. The summed E-state index contributed by atoms with van der Waals surface area (Å²) in [6, 6.07) is 21.7. The van der Waals surface area contributed by atoms with Gasteiger partial charge in [-0.2, -0.15) is 5.26 Å². The van der Waals surface area contributed by atoms with Gasteiger partial charge in [0.1, 0.15) is 30.3 Å². The number of hydrogen-bond acceptors (Lipinski definition) is 6. The van der Waals surface area contributed by atoms with Crippen molar-refractivity contribution in [3.63, 3.8) is 0 Å². The molecular formula is C29H32N2O5. The van der Waals surface area contributed by atoms with E-state index < -0.39 is 12.1 Å². The monoisotopic (exact) mass is 488 g/mol. The molecule has 0 spiro atoms. The third kappa shape index (κ3) is 7.57. The summed E-state index contributed by atoms with van der Waals surface area (Å²) >= 11 is 0. The van der Waals surface area contributed by atoms with E-state index in [0.29, 0.717) is 24.5 Å². The summed E-state index contributed by atoms with van der Waals surface area (Å²) in [5, 5.41) is 32.5. The lowest BCUT2D eigenvalue weighted by Gasteiger charge is -2.28. The lowest BCUT2D eigenvalue weighted by molar-refractivity contribution is 0.0697. The number of ether oxygens (including phenoxy) is 2. The number of carbonyl (C=O) groups is 1. The minimum Gasteiger partial charge on any atom is -0.494 e. The number of nitriles is 1. The van der Waals surface area contributed by atoms with Crippen LogP contribution in [0.5, 0.6) is 11.5 Å². The number of benzene rings is 3. The average Bonchev–Trinajstić information content (AvgIpc) is 2.87. The first-order chi connectivity index (χ1) is 17.2. The van der Waals surface area contributed by atoms with Crippen LogP contribution in [-0.2, 0) is 6.42 Å². The topological polar surface area (TPSA) is 112 Å². The summed E-state index contributed by atoms with van der Waals surface area (Å²) in [4.78, 5) is 11.1. The normalized spacial score (nSPS) is 12.0. The van der Waals surface area contributed by atoms with Gasteiger partial charge in [0, 0.05) is 12.1 Å². The van der Waals surface area contributed by atoms with Gasteiger partial charge in [0.15, 0.2) is 0 Å². The molecule has 0 aliphatic heterocycles. The number of nitrogens with zero attached hydrogens (tertiary/aromatic N) is 1. The van der Waals surface area contributed by atoms with Crippen LogP contribution in [0.2, 0.25) is 0 Å². The molecule has 7 nitrogen and oxygen atoms in total. The molecule has 0 aromatic heterocycles. The summed E-state index contributed by atoms with van der Waals surface area (Å²) in [6.45, 7) is 7.07. The molecule has 0 aliphatic rings. The minimum absolute atomic E-state index is 0.0161. The van der Waals surface area contributed by atoms with Crippen LogP contribution in [0.25, 0.3) is 11.1 Å². The van der Waals surface area contributed by atoms with E-state index in [2.05, 4.69) is 25.2 Å². The number of aromatic carboxylic acids is 1. The fraction of sp³-hybridized carbons (Fsp3) is 0.310. The molecule has 3 N–H and O–H groups in total. The molecule has 0 saturated carbocycles. The van der Waals surface area contributed by atoms with Crippen molar-refractivity contribution in [1.29, 1.82) is 5.26 Å². The lowest BCUT2D eigenvalue weighted by Crippen LogP contribution is -2.46. The first-order valence-corrected chi connectivity index (χ1v) is 11.9. The summed E-state index contributed by atoms with van der Waals surface area (Å²) in [7, 11) is 0. The second-order valence-electron chi connectivity index (χ2n) is 9.19. The van der Waals surface area contributed by atoms with Crippen molar-refractivity contribution in [2.24, 2.45) is 0 Å². The van der Waals surface area contributed by atoms with Gasteiger partial charge in [-0.1, -0.05) is 30.3 Å². The Morgan fingerprint density at radius 1 is 1.03 bits per heavy atom. The molecular weight excluding hydrogens is 456 g/mol. The third-order valence-electron chi connectivity index (χ3n) is 5.70. The number of carboxylic acid groups (broad SMARTS) is 1. The molecule has 188 valence electrons. The predicted octanol–water partition coefficient (Wildman–Crippen LogP) is 4.67. The zero-order valence-corrected chi connectivity index (χ0v) is 20.8. The second kappa shape index (κ2) is 12.2. The number of carboxylic acids is 1. The van der Waals surface area contributed by atoms with Crippen LogP contribution in [0.15, 0.2) is 66.7 Å². The van der Waals surface area contributed by atoms with Gasteiger partial charge in [-0.15, -0.1) is 0 Å². The average molecular weight is 489 g/mol. The van der Waals surface area contributed by atoms with Crippen LogP contribution in [0.1, 0.15) is 42.3 Å². The van der Waals surface area contributed by atoms with E-state index in [9.17, 15) is 15.2 Å². The largest absolute Gasteiger partial charge is 0.494 e. The molecule has 3 aromatic rings. The van der Waals surface area contributed by atoms with Crippen LogP contribution in [0.3, 0.4) is 0 Å². The highest BCUT2D eigenvalue weighted by Gasteiger charge is 2.20. The number of hydrogen-bond donors (Lipinski definition) is 3. The smallest absolute Gasteiger partial charge is 0.335 e. The van der Waals surface area contributed by atoms with Crippen LogP contribution in [-0.4, -0.2) is 47.6 Å². The Labute approximate surface area is 211 Å². The maximum absolute atomic E-state index is 11.1. The quantitative estimate of drug-likeness (QED) is 0.340. The Morgan fingerprint density at radius 3 is 2.31 bits per heavy atom. The van der Waals surface area contributed by atoms with Gasteiger partial charge < -0.3 is 25.0 Å². The van der Waals surface area contributed by atoms with Crippen molar-refractivity contribution in [2.75, 3.05) is 19.8 Å². The van der Waals surface area contributed by atoms with Gasteiger partial charge >= 0.3 is 5.97 Å². The van der Waals surface area contributed by atoms with Crippen molar-refractivity contribution < 1.29 is 24.5 Å². The Kier molecular flexibility index (Phi) is 9.07. The van der Waals surface area contributed by atoms with Crippen LogP contribution >= 0.6 is 0 Å². The number of nitrogens with one attached hydrogen (secondary N) is 1. The summed E-state index contributed by atoms with van der Waals surface area (Å²) in [5.74, 6) is 0.221. The summed E-state index contributed by atoms with van der Waals surface area (Å²) in [6.07, 6.45) is -0.0106. The number of aliphatic hydroxyl groups excluding tert-OH is 1. The van der Waals surface area contributed by atoms with Crippen molar-refractivity contribution in [1.82, 2.24) is 5.32 Å². The van der Waals surface area contributed by atoms with E-state index in [4.69, 9.17) is 14.6 Å². The highest BCUT2D eigenvalue weighted by Crippen LogP contribution is 2.27. The van der Waals surface area contributed by atoms with Crippen LogP contribution in [0, 0.1) is 11.3 Å². The molecule has 7 heteroatoms. The molecule has 0 saturated heterocycles. The lowest BCUT2D eigenvalue weighted by atomic mass is 9.94. The van der Waals surface area contributed by atoms with Crippen molar-refractivity contribution in [3.05, 3.63) is 83.4 Å².